The van der Waals surface area contributed by atoms with Crippen molar-refractivity contribution in [3.8, 4) is 0 Å². The van der Waals surface area contributed by atoms with Crippen molar-refractivity contribution in [2.75, 3.05) is 6.61 Å². The van der Waals surface area contributed by atoms with Crippen LogP contribution in [0.2, 0.25) is 0 Å². The van der Waals surface area contributed by atoms with Gasteiger partial charge in [0.1, 0.15) is 0 Å². The Hall–Kier alpha value is -0.340. The van der Waals surface area contributed by atoms with Gasteiger partial charge in [0.2, 0.25) is 0 Å². The van der Waals surface area contributed by atoms with E-state index in [-0.39, 0.29) is 0 Å². The van der Waals surface area contributed by atoms with Crippen LogP contribution in [0.3, 0.4) is 0 Å². The number of hydrogen-bond acceptors (Lipinski definition) is 2. The zero-order valence-electron chi connectivity index (χ0n) is 10.8. The molecule has 2 aliphatic carbocycles. The maximum absolute atomic E-state index is 5.82. The van der Waals surface area contributed by atoms with Gasteiger partial charge >= 0.3 is 0 Å². The lowest BCUT2D eigenvalue weighted by atomic mass is 9.61. The fourth-order valence-electron chi connectivity index (χ4n) is 3.05. The summed E-state index contributed by atoms with van der Waals surface area (Å²) < 4.78 is 5.82. The molecule has 0 aliphatic heterocycles. The Morgan fingerprint density at radius 2 is 2.00 bits per heavy atom. The second-order valence-electron chi connectivity index (χ2n) is 5.40. The molecule has 3 atom stereocenters. The van der Waals surface area contributed by atoms with Gasteiger partial charge in [-0.1, -0.05) is 26.0 Å². The number of nitrogens with one attached hydrogen (secondary N) is 1. The van der Waals surface area contributed by atoms with E-state index in [2.05, 4.69) is 38.2 Å². The van der Waals surface area contributed by atoms with E-state index in [9.17, 15) is 0 Å². The van der Waals surface area contributed by atoms with E-state index in [0.29, 0.717) is 23.6 Å². The first kappa shape index (κ1) is 12.1. The van der Waals surface area contributed by atoms with Gasteiger partial charge in [-0.15, -0.1) is 0 Å². The molecule has 0 radical (unpaired) electrons. The highest BCUT2D eigenvalue weighted by Gasteiger charge is 2.51. The summed E-state index contributed by atoms with van der Waals surface area (Å²) in [5.74, 6) is 0. The standard InChI is InChI=1S/C14H25NO/c1-4-14(3)12(10-13(14)16-5-2)15-11-8-6-7-9-11/h6-7,11-13,15H,4-5,8-10H2,1-3H3. The van der Waals surface area contributed by atoms with Crippen LogP contribution in [0.15, 0.2) is 12.2 Å². The van der Waals surface area contributed by atoms with Gasteiger partial charge in [0.15, 0.2) is 0 Å². The number of hydrogen-bond donors (Lipinski definition) is 1. The topological polar surface area (TPSA) is 21.3 Å². The zero-order valence-corrected chi connectivity index (χ0v) is 10.8. The third-order valence-corrected chi connectivity index (χ3v) is 4.56. The molecule has 92 valence electrons. The maximum atomic E-state index is 5.82. The quantitative estimate of drug-likeness (QED) is 0.724. The van der Waals surface area contributed by atoms with Gasteiger partial charge in [-0.3, -0.25) is 0 Å². The minimum atomic E-state index is 0.346. The van der Waals surface area contributed by atoms with E-state index in [1.165, 1.54) is 25.7 Å². The molecule has 0 spiro atoms. The summed E-state index contributed by atoms with van der Waals surface area (Å²) in [7, 11) is 0. The van der Waals surface area contributed by atoms with Gasteiger partial charge in [0.05, 0.1) is 6.10 Å². The molecule has 0 bridgehead atoms. The van der Waals surface area contributed by atoms with Crippen molar-refractivity contribution in [1.29, 1.82) is 0 Å². The zero-order chi connectivity index (χ0) is 11.6. The molecular formula is C14H25NO. The average molecular weight is 223 g/mol. The van der Waals surface area contributed by atoms with Crippen LogP contribution < -0.4 is 5.32 Å². The molecule has 0 heterocycles. The fourth-order valence-corrected chi connectivity index (χ4v) is 3.05. The van der Waals surface area contributed by atoms with E-state index in [1.807, 2.05) is 0 Å². The summed E-state index contributed by atoms with van der Waals surface area (Å²) in [6.07, 6.45) is 9.85. The molecule has 16 heavy (non-hydrogen) atoms. The SMILES string of the molecule is CCOC1CC(NC2CC=CC2)C1(C)CC. The number of ether oxygens (including phenoxy) is 1. The Bertz CT molecular complexity index is 255. The monoisotopic (exact) mass is 223 g/mol. The van der Waals surface area contributed by atoms with Crippen LogP contribution in [0, 0.1) is 5.41 Å². The van der Waals surface area contributed by atoms with Gasteiger partial charge in [-0.25, -0.2) is 0 Å². The van der Waals surface area contributed by atoms with E-state index in [1.54, 1.807) is 0 Å². The molecule has 3 unspecified atom stereocenters. The van der Waals surface area contributed by atoms with Crippen LogP contribution in [-0.2, 0) is 4.74 Å². The number of rotatable bonds is 5. The third kappa shape index (κ3) is 2.05. The Labute approximate surface area is 99.4 Å². The van der Waals surface area contributed by atoms with E-state index in [0.717, 1.165) is 6.61 Å². The van der Waals surface area contributed by atoms with Crippen LogP contribution in [0.4, 0.5) is 0 Å². The Morgan fingerprint density at radius 1 is 1.31 bits per heavy atom. The van der Waals surface area contributed by atoms with Crippen LogP contribution >= 0.6 is 0 Å². The van der Waals surface area contributed by atoms with Gasteiger partial charge in [0, 0.05) is 24.1 Å². The summed E-state index contributed by atoms with van der Waals surface area (Å²) in [6, 6.07) is 1.33. The molecular weight excluding hydrogens is 198 g/mol. The first-order valence-electron chi connectivity index (χ1n) is 6.73. The van der Waals surface area contributed by atoms with Gasteiger partial charge in [0.25, 0.3) is 0 Å². The maximum Gasteiger partial charge on any atom is 0.0658 e. The summed E-state index contributed by atoms with van der Waals surface area (Å²) in [5.41, 5.74) is 0.346. The van der Waals surface area contributed by atoms with Crippen LogP contribution in [0.25, 0.3) is 0 Å². The molecule has 0 saturated heterocycles. The summed E-state index contributed by atoms with van der Waals surface area (Å²) >= 11 is 0. The highest BCUT2D eigenvalue weighted by Crippen LogP contribution is 2.46. The van der Waals surface area contributed by atoms with Crippen molar-refractivity contribution in [3.05, 3.63) is 12.2 Å². The molecule has 2 heteroatoms. The van der Waals surface area contributed by atoms with Gasteiger partial charge < -0.3 is 10.1 Å². The molecule has 0 aromatic rings. The largest absolute Gasteiger partial charge is 0.378 e. The van der Waals surface area contributed by atoms with Crippen molar-refractivity contribution >= 4 is 0 Å². The lowest BCUT2D eigenvalue weighted by Crippen LogP contribution is -2.63. The highest BCUT2D eigenvalue weighted by molar-refractivity contribution is 5.08. The lowest BCUT2D eigenvalue weighted by Gasteiger charge is -2.54. The molecule has 2 aliphatic rings. The molecule has 2 rings (SSSR count). The molecule has 1 fully saturated rings. The predicted octanol–water partition coefficient (Wildman–Crippen LogP) is 2.89. The van der Waals surface area contributed by atoms with E-state index < -0.39 is 0 Å². The van der Waals surface area contributed by atoms with Crippen LogP contribution in [0.1, 0.15) is 46.5 Å². The fraction of sp³-hybridized carbons (Fsp3) is 0.857. The summed E-state index contributed by atoms with van der Waals surface area (Å²) in [6.45, 7) is 7.60. The van der Waals surface area contributed by atoms with E-state index in [4.69, 9.17) is 4.74 Å². The summed E-state index contributed by atoms with van der Waals surface area (Å²) in [5, 5.41) is 3.80. The van der Waals surface area contributed by atoms with Crippen molar-refractivity contribution in [2.45, 2.75) is 64.6 Å². The van der Waals surface area contributed by atoms with Crippen molar-refractivity contribution in [1.82, 2.24) is 5.32 Å². The van der Waals surface area contributed by atoms with Crippen LogP contribution in [-0.4, -0.2) is 24.8 Å². The minimum absolute atomic E-state index is 0.346. The van der Waals surface area contributed by atoms with Gasteiger partial charge in [-0.05, 0) is 32.6 Å². The van der Waals surface area contributed by atoms with E-state index >= 15 is 0 Å². The molecule has 1 saturated carbocycles. The Kier molecular flexibility index (Phi) is 3.70. The normalized spacial score (nSPS) is 38.9. The lowest BCUT2D eigenvalue weighted by molar-refractivity contribution is -0.127. The average Bonchev–Trinajstić information content (AvgIpc) is 2.79. The third-order valence-electron chi connectivity index (χ3n) is 4.56. The van der Waals surface area contributed by atoms with Crippen molar-refractivity contribution in [2.24, 2.45) is 5.41 Å². The second kappa shape index (κ2) is 4.89. The minimum Gasteiger partial charge on any atom is -0.378 e. The molecule has 2 nitrogen and oxygen atoms in total. The van der Waals surface area contributed by atoms with Crippen molar-refractivity contribution in [3.63, 3.8) is 0 Å². The highest BCUT2D eigenvalue weighted by atomic mass is 16.5. The van der Waals surface area contributed by atoms with Crippen LogP contribution in [0.5, 0.6) is 0 Å². The van der Waals surface area contributed by atoms with Crippen molar-refractivity contribution < 1.29 is 4.74 Å². The summed E-state index contributed by atoms with van der Waals surface area (Å²) in [4.78, 5) is 0. The Morgan fingerprint density at radius 3 is 2.56 bits per heavy atom. The first-order chi connectivity index (χ1) is 7.70. The molecule has 0 aromatic carbocycles. The molecule has 0 amide bonds. The smallest absolute Gasteiger partial charge is 0.0658 e. The Balaban J connectivity index is 1.87. The first-order valence-corrected chi connectivity index (χ1v) is 6.73. The predicted molar refractivity (Wildman–Crippen MR) is 67.5 cm³/mol. The van der Waals surface area contributed by atoms with Gasteiger partial charge in [-0.2, -0.15) is 0 Å². The second-order valence-corrected chi connectivity index (χ2v) is 5.40. The molecule has 0 aromatic heterocycles. The molecule has 1 N–H and O–H groups in total.